The van der Waals surface area contributed by atoms with Crippen molar-refractivity contribution in [2.75, 3.05) is 12.0 Å². The number of methoxy groups -OCH3 is 1. The topological polar surface area (TPSA) is 80.5 Å². The van der Waals surface area contributed by atoms with Gasteiger partial charge < -0.3 is 14.6 Å². The van der Waals surface area contributed by atoms with Crippen LogP contribution in [0.5, 0.6) is 5.75 Å². The van der Waals surface area contributed by atoms with E-state index in [1.54, 1.807) is 12.0 Å². The van der Waals surface area contributed by atoms with Crippen molar-refractivity contribution in [3.63, 3.8) is 0 Å². The van der Waals surface area contributed by atoms with Gasteiger partial charge in [-0.1, -0.05) is 65.3 Å². The van der Waals surface area contributed by atoms with Crippen molar-refractivity contribution < 1.29 is 14.1 Å². The Morgan fingerprint density at radius 1 is 0.941 bits per heavy atom. The van der Waals surface area contributed by atoms with Crippen molar-refractivity contribution in [2.45, 2.75) is 19.9 Å². The van der Waals surface area contributed by atoms with Crippen molar-refractivity contribution >= 4 is 17.3 Å². The van der Waals surface area contributed by atoms with Crippen LogP contribution in [0.15, 0.2) is 89.1 Å². The molecule has 5 rings (SSSR count). The van der Waals surface area contributed by atoms with Crippen molar-refractivity contribution in [1.82, 2.24) is 15.5 Å². The molecule has 3 aromatic carbocycles. The largest absolute Gasteiger partial charge is 0.497 e. The fourth-order valence-corrected chi connectivity index (χ4v) is 4.11. The summed E-state index contributed by atoms with van der Waals surface area (Å²) in [6, 6.07) is 24.4. The summed E-state index contributed by atoms with van der Waals surface area (Å²) in [7, 11) is 1.61. The lowest BCUT2D eigenvalue weighted by atomic mass is 9.94. The van der Waals surface area contributed by atoms with Gasteiger partial charge in [0.15, 0.2) is 0 Å². The van der Waals surface area contributed by atoms with E-state index in [0.717, 1.165) is 22.3 Å². The van der Waals surface area contributed by atoms with Gasteiger partial charge in [-0.15, -0.1) is 0 Å². The van der Waals surface area contributed by atoms with E-state index in [1.807, 2.05) is 92.7 Å². The van der Waals surface area contributed by atoms with Gasteiger partial charge in [-0.2, -0.15) is 4.98 Å². The number of urea groups is 1. The fraction of sp³-hybridized carbons (Fsp3) is 0.148. The van der Waals surface area contributed by atoms with E-state index in [1.165, 1.54) is 0 Å². The van der Waals surface area contributed by atoms with Crippen LogP contribution in [0.3, 0.4) is 0 Å². The summed E-state index contributed by atoms with van der Waals surface area (Å²) in [5.41, 5.74) is 5.09. The number of carbonyl (C=O) groups excluding carboxylic acids is 1. The Kier molecular flexibility index (Phi) is 5.59. The van der Waals surface area contributed by atoms with Crippen LogP contribution in [0.25, 0.3) is 17.0 Å². The molecular weight excluding hydrogens is 428 g/mol. The van der Waals surface area contributed by atoms with Gasteiger partial charge in [-0.05, 0) is 43.7 Å². The molecule has 0 radical (unpaired) electrons. The number of aryl methyl sites for hydroxylation is 1. The molecule has 0 fully saturated rings. The molecule has 1 aliphatic heterocycles. The molecule has 1 atom stereocenters. The Bertz CT molecular complexity index is 1340. The SMILES string of the molecule is COc1ccc(N2C(=O)NC(c3ccc(C)cc3)C(c3nc(-c4ccccc4)no3)=C2C)cc1. The van der Waals surface area contributed by atoms with Crippen LogP contribution in [-0.2, 0) is 0 Å². The lowest BCUT2D eigenvalue weighted by Gasteiger charge is -2.35. The first-order valence-electron chi connectivity index (χ1n) is 11.0. The zero-order chi connectivity index (χ0) is 23.7. The number of hydrogen-bond donors (Lipinski definition) is 1. The number of anilines is 1. The number of rotatable bonds is 5. The summed E-state index contributed by atoms with van der Waals surface area (Å²) < 4.78 is 11.0. The van der Waals surface area contributed by atoms with E-state index in [4.69, 9.17) is 14.2 Å². The van der Waals surface area contributed by atoms with E-state index in [2.05, 4.69) is 10.5 Å². The summed E-state index contributed by atoms with van der Waals surface area (Å²) in [6.45, 7) is 3.92. The average molecular weight is 453 g/mol. The summed E-state index contributed by atoms with van der Waals surface area (Å²) in [5.74, 6) is 1.57. The molecule has 0 saturated carbocycles. The van der Waals surface area contributed by atoms with Crippen LogP contribution in [0.1, 0.15) is 30.0 Å². The summed E-state index contributed by atoms with van der Waals surface area (Å²) in [6.07, 6.45) is 0. The van der Waals surface area contributed by atoms with E-state index < -0.39 is 6.04 Å². The molecule has 34 heavy (non-hydrogen) atoms. The number of allylic oxidation sites excluding steroid dienone is 1. The summed E-state index contributed by atoms with van der Waals surface area (Å²) in [4.78, 5) is 19.6. The second-order valence-electron chi connectivity index (χ2n) is 8.11. The van der Waals surface area contributed by atoms with Crippen LogP contribution in [0.4, 0.5) is 10.5 Å². The van der Waals surface area contributed by atoms with Gasteiger partial charge in [-0.3, -0.25) is 4.90 Å². The third-order valence-electron chi connectivity index (χ3n) is 5.91. The van der Waals surface area contributed by atoms with E-state index >= 15 is 0 Å². The molecule has 7 heteroatoms. The van der Waals surface area contributed by atoms with Crippen LogP contribution in [0, 0.1) is 6.92 Å². The maximum Gasteiger partial charge on any atom is 0.326 e. The Morgan fingerprint density at radius 3 is 2.32 bits per heavy atom. The van der Waals surface area contributed by atoms with Gasteiger partial charge in [0, 0.05) is 11.3 Å². The van der Waals surface area contributed by atoms with Crippen LogP contribution in [-0.4, -0.2) is 23.3 Å². The van der Waals surface area contributed by atoms with Gasteiger partial charge in [0.25, 0.3) is 5.89 Å². The first-order valence-corrected chi connectivity index (χ1v) is 11.0. The van der Waals surface area contributed by atoms with Crippen molar-refractivity contribution in [1.29, 1.82) is 0 Å². The number of benzene rings is 3. The maximum atomic E-state index is 13.3. The number of carbonyl (C=O) groups is 1. The molecule has 0 aliphatic carbocycles. The highest BCUT2D eigenvalue weighted by atomic mass is 16.5. The fourth-order valence-electron chi connectivity index (χ4n) is 4.11. The minimum absolute atomic E-state index is 0.236. The second kappa shape index (κ2) is 8.86. The highest BCUT2D eigenvalue weighted by Crippen LogP contribution is 2.39. The quantitative estimate of drug-likeness (QED) is 0.417. The standard InChI is InChI=1S/C27H24N4O3/c1-17-9-11-19(12-10-17)24-23(26-29-25(30-34-26)20-7-5-4-6-8-20)18(2)31(27(32)28-24)21-13-15-22(33-3)16-14-21/h4-16,24H,1-3H3,(H,28,32). The predicted molar refractivity (Wildman–Crippen MR) is 130 cm³/mol. The molecule has 1 aliphatic rings. The molecule has 1 unspecified atom stereocenters. The van der Waals surface area contributed by atoms with Gasteiger partial charge in [-0.25, -0.2) is 4.79 Å². The molecule has 0 saturated heterocycles. The zero-order valence-corrected chi connectivity index (χ0v) is 19.1. The van der Waals surface area contributed by atoms with Gasteiger partial charge >= 0.3 is 6.03 Å². The lowest BCUT2D eigenvalue weighted by Crippen LogP contribution is -2.46. The normalized spacial score (nSPS) is 15.9. The Balaban J connectivity index is 1.64. The molecule has 1 aromatic heterocycles. The molecular formula is C27H24N4O3. The molecule has 1 N–H and O–H groups in total. The first kappa shape index (κ1) is 21.5. The molecule has 4 aromatic rings. The first-order chi connectivity index (χ1) is 16.5. The van der Waals surface area contributed by atoms with Crippen LogP contribution >= 0.6 is 0 Å². The highest BCUT2D eigenvalue weighted by molar-refractivity contribution is 6.01. The Morgan fingerprint density at radius 2 is 1.65 bits per heavy atom. The highest BCUT2D eigenvalue weighted by Gasteiger charge is 2.36. The smallest absolute Gasteiger partial charge is 0.326 e. The summed E-state index contributed by atoms with van der Waals surface area (Å²) >= 11 is 0. The van der Waals surface area contributed by atoms with E-state index in [0.29, 0.717) is 28.8 Å². The number of nitrogens with zero attached hydrogens (tertiary/aromatic N) is 3. The minimum atomic E-state index is -0.438. The van der Waals surface area contributed by atoms with Gasteiger partial charge in [0.2, 0.25) is 5.82 Å². The Hall–Kier alpha value is -4.39. The van der Waals surface area contributed by atoms with Crippen LogP contribution in [0.2, 0.25) is 0 Å². The van der Waals surface area contributed by atoms with Gasteiger partial charge in [0.1, 0.15) is 5.75 Å². The zero-order valence-electron chi connectivity index (χ0n) is 19.1. The maximum absolute atomic E-state index is 13.3. The van der Waals surface area contributed by atoms with Crippen LogP contribution < -0.4 is 15.0 Å². The number of ether oxygens (including phenoxy) is 1. The molecule has 0 bridgehead atoms. The third kappa shape index (κ3) is 3.92. The molecule has 2 heterocycles. The predicted octanol–water partition coefficient (Wildman–Crippen LogP) is 5.76. The molecule has 170 valence electrons. The monoisotopic (exact) mass is 452 g/mol. The molecule has 7 nitrogen and oxygen atoms in total. The lowest BCUT2D eigenvalue weighted by molar-refractivity contribution is 0.244. The van der Waals surface area contributed by atoms with E-state index in [9.17, 15) is 4.79 Å². The Labute approximate surface area is 197 Å². The van der Waals surface area contributed by atoms with Gasteiger partial charge in [0.05, 0.1) is 24.4 Å². The van der Waals surface area contributed by atoms with Crippen molar-refractivity contribution in [3.8, 4) is 17.1 Å². The van der Waals surface area contributed by atoms with Crippen molar-refractivity contribution in [2.24, 2.45) is 0 Å². The third-order valence-corrected chi connectivity index (χ3v) is 5.91. The molecule has 0 spiro atoms. The molecule has 2 amide bonds. The van der Waals surface area contributed by atoms with E-state index in [-0.39, 0.29) is 6.03 Å². The average Bonchev–Trinajstić information content (AvgIpc) is 3.35. The summed E-state index contributed by atoms with van der Waals surface area (Å²) in [5, 5.41) is 7.34. The number of amides is 2. The number of nitrogens with one attached hydrogen (secondary N) is 1. The number of aromatic nitrogens is 2. The minimum Gasteiger partial charge on any atom is -0.497 e. The van der Waals surface area contributed by atoms with Crippen molar-refractivity contribution in [3.05, 3.63) is 102 Å². The number of hydrogen-bond acceptors (Lipinski definition) is 5. The second-order valence-corrected chi connectivity index (χ2v) is 8.11.